The summed E-state index contributed by atoms with van der Waals surface area (Å²) in [6, 6.07) is 0. The Morgan fingerprint density at radius 2 is 0.494 bits per heavy atom. The van der Waals surface area contributed by atoms with Crippen LogP contribution in [0.2, 0.25) is 0 Å². The lowest BCUT2D eigenvalue weighted by Crippen LogP contribution is -2.30. The quantitative estimate of drug-likeness (QED) is 0.0261. The van der Waals surface area contributed by atoms with E-state index in [0.29, 0.717) is 19.3 Å². The first kappa shape index (κ1) is 75.1. The van der Waals surface area contributed by atoms with Crippen molar-refractivity contribution < 1.29 is 28.6 Å². The van der Waals surface area contributed by atoms with E-state index < -0.39 is 6.10 Å². The van der Waals surface area contributed by atoms with Gasteiger partial charge in [-0.05, 0) is 109 Å². The van der Waals surface area contributed by atoms with Crippen molar-refractivity contribution in [2.75, 3.05) is 13.2 Å². The summed E-state index contributed by atoms with van der Waals surface area (Å²) >= 11 is 0. The number of unbranched alkanes of at least 4 members (excludes halogenated alkanes) is 31. The largest absolute Gasteiger partial charge is 0.462 e. The van der Waals surface area contributed by atoms with Gasteiger partial charge in [0.15, 0.2) is 6.10 Å². The molecule has 0 aliphatic carbocycles. The molecule has 452 valence electrons. The minimum absolute atomic E-state index is 0.0805. The smallest absolute Gasteiger partial charge is 0.306 e. The average Bonchev–Trinajstić information content (AvgIpc) is 3.45. The van der Waals surface area contributed by atoms with Crippen LogP contribution in [0.15, 0.2) is 109 Å². The molecule has 0 aliphatic heterocycles. The Labute approximate surface area is 489 Å². The third-order valence-electron chi connectivity index (χ3n) is 14.3. The first-order chi connectivity index (χ1) is 39.0. The van der Waals surface area contributed by atoms with Crippen LogP contribution in [0.1, 0.15) is 316 Å². The van der Waals surface area contributed by atoms with Gasteiger partial charge in [-0.2, -0.15) is 0 Å². The van der Waals surface area contributed by atoms with E-state index in [4.69, 9.17) is 14.2 Å². The van der Waals surface area contributed by atoms with Crippen molar-refractivity contribution in [3.05, 3.63) is 109 Å². The summed E-state index contributed by atoms with van der Waals surface area (Å²) < 4.78 is 16.9. The lowest BCUT2D eigenvalue weighted by atomic mass is 10.0. The fourth-order valence-electron chi connectivity index (χ4n) is 9.28. The minimum atomic E-state index is -0.783. The van der Waals surface area contributed by atoms with E-state index in [2.05, 4.69) is 130 Å². The van der Waals surface area contributed by atoms with E-state index in [1.54, 1.807) is 0 Å². The molecule has 0 aliphatic rings. The zero-order valence-corrected chi connectivity index (χ0v) is 51.9. The Morgan fingerprint density at radius 3 is 0.797 bits per heavy atom. The summed E-state index contributed by atoms with van der Waals surface area (Å²) in [5.41, 5.74) is 0. The summed E-state index contributed by atoms with van der Waals surface area (Å²) in [6.45, 7) is 6.49. The van der Waals surface area contributed by atoms with Crippen molar-refractivity contribution in [3.8, 4) is 0 Å². The molecule has 1 atom stereocenters. The van der Waals surface area contributed by atoms with Crippen LogP contribution in [0.5, 0.6) is 0 Å². The summed E-state index contributed by atoms with van der Waals surface area (Å²) in [5, 5.41) is 0. The van der Waals surface area contributed by atoms with E-state index in [1.165, 1.54) is 154 Å². The molecule has 6 nitrogen and oxygen atoms in total. The highest BCUT2D eigenvalue weighted by Crippen LogP contribution is 2.16. The second-order valence-corrected chi connectivity index (χ2v) is 22.0. The van der Waals surface area contributed by atoms with Crippen molar-refractivity contribution in [2.24, 2.45) is 0 Å². The van der Waals surface area contributed by atoms with Crippen LogP contribution in [0.25, 0.3) is 0 Å². The molecule has 0 N–H and O–H groups in total. The van der Waals surface area contributed by atoms with Crippen LogP contribution < -0.4 is 0 Å². The van der Waals surface area contributed by atoms with E-state index in [9.17, 15) is 14.4 Å². The van der Waals surface area contributed by atoms with Crippen LogP contribution in [0.4, 0.5) is 0 Å². The van der Waals surface area contributed by atoms with Crippen molar-refractivity contribution >= 4 is 17.9 Å². The summed E-state index contributed by atoms with van der Waals surface area (Å²) in [5.74, 6) is -0.887. The van der Waals surface area contributed by atoms with Gasteiger partial charge >= 0.3 is 17.9 Å². The number of carbonyl (C=O) groups excluding carboxylic acids is 3. The van der Waals surface area contributed by atoms with Crippen molar-refractivity contribution in [1.29, 1.82) is 0 Å². The van der Waals surface area contributed by atoms with Gasteiger partial charge in [0.2, 0.25) is 0 Å². The van der Waals surface area contributed by atoms with Crippen LogP contribution >= 0.6 is 0 Å². The van der Waals surface area contributed by atoms with Gasteiger partial charge in [-0.1, -0.05) is 297 Å². The second kappa shape index (κ2) is 66.6. The van der Waals surface area contributed by atoms with Gasteiger partial charge in [0.25, 0.3) is 0 Å². The highest BCUT2D eigenvalue weighted by Gasteiger charge is 2.19. The number of esters is 3. The van der Waals surface area contributed by atoms with Gasteiger partial charge in [0.05, 0.1) is 0 Å². The van der Waals surface area contributed by atoms with Gasteiger partial charge in [-0.3, -0.25) is 14.4 Å². The topological polar surface area (TPSA) is 78.9 Å². The molecule has 0 spiro atoms. The van der Waals surface area contributed by atoms with E-state index in [1.807, 2.05) is 0 Å². The van der Waals surface area contributed by atoms with Crippen molar-refractivity contribution in [2.45, 2.75) is 322 Å². The lowest BCUT2D eigenvalue weighted by Gasteiger charge is -2.18. The maximum Gasteiger partial charge on any atom is 0.306 e. The van der Waals surface area contributed by atoms with E-state index in [-0.39, 0.29) is 31.1 Å². The monoisotopic (exact) mass is 1100 g/mol. The van der Waals surface area contributed by atoms with Crippen LogP contribution in [-0.4, -0.2) is 37.2 Å². The van der Waals surface area contributed by atoms with Gasteiger partial charge in [0, 0.05) is 19.3 Å². The molecule has 0 aromatic rings. The Bertz CT molecular complexity index is 1590. The fourth-order valence-corrected chi connectivity index (χ4v) is 9.28. The molecule has 0 fully saturated rings. The second-order valence-electron chi connectivity index (χ2n) is 22.0. The summed E-state index contributed by atoms with van der Waals surface area (Å²) in [6.07, 6.45) is 91.1. The summed E-state index contributed by atoms with van der Waals surface area (Å²) in [7, 11) is 0. The number of hydrogen-bond acceptors (Lipinski definition) is 6. The van der Waals surface area contributed by atoms with E-state index >= 15 is 0 Å². The molecule has 6 heteroatoms. The fraction of sp³-hybridized carbons (Fsp3) is 0.712. The molecule has 0 rings (SSSR count). The third kappa shape index (κ3) is 64.8. The number of carbonyl (C=O) groups is 3. The maximum absolute atomic E-state index is 12.9. The van der Waals surface area contributed by atoms with E-state index in [0.717, 1.165) is 122 Å². The lowest BCUT2D eigenvalue weighted by molar-refractivity contribution is -0.167. The number of allylic oxidation sites excluding steroid dienone is 18. The molecule has 0 radical (unpaired) electrons. The normalized spacial score (nSPS) is 12.8. The Kier molecular flexibility index (Phi) is 63.3. The number of hydrogen-bond donors (Lipinski definition) is 0. The zero-order valence-electron chi connectivity index (χ0n) is 51.9. The molecule has 0 saturated heterocycles. The van der Waals surface area contributed by atoms with Gasteiger partial charge in [0.1, 0.15) is 13.2 Å². The molecular weight excluding hydrogens is 973 g/mol. The van der Waals surface area contributed by atoms with Gasteiger partial charge < -0.3 is 14.2 Å². The molecule has 1 unspecified atom stereocenters. The zero-order chi connectivity index (χ0) is 57.1. The molecule has 0 heterocycles. The first-order valence-corrected chi connectivity index (χ1v) is 33.4. The minimum Gasteiger partial charge on any atom is -0.462 e. The Hall–Kier alpha value is -3.93. The van der Waals surface area contributed by atoms with Crippen molar-refractivity contribution in [1.82, 2.24) is 0 Å². The Balaban J connectivity index is 4.15. The molecule has 0 bridgehead atoms. The third-order valence-corrected chi connectivity index (χ3v) is 14.3. The first-order valence-electron chi connectivity index (χ1n) is 33.4. The number of ether oxygens (including phenoxy) is 3. The SMILES string of the molecule is CC/C=C\C/C=C\C/C=C\C/C=C\C/C=C\C/C=C\CCCCCCCCCCCCCCCCC(=O)OCC(COC(=O)CCCCCCCCCCC)OC(=O)CCCCCCCC/C=C\C/C=C\C/C=C\CCCCC. The highest BCUT2D eigenvalue weighted by molar-refractivity contribution is 5.71. The highest BCUT2D eigenvalue weighted by atomic mass is 16.6. The van der Waals surface area contributed by atoms with Crippen molar-refractivity contribution in [3.63, 3.8) is 0 Å². The standard InChI is InChI=1S/C73H124O6/c1-4-7-10-13-16-19-21-23-25-27-29-30-31-32-33-34-35-36-37-38-39-40-41-42-44-45-47-49-51-54-57-60-63-66-72(75)78-69-70(68-77-71(74)65-62-59-56-53-18-15-12-9-6-3)79-73(76)67-64-61-58-55-52-50-48-46-43-28-26-24-22-20-17-14-11-8-5-2/h7,10,16-17,19-20,23-26,29-30,32-33,35-36,43,46,70H,4-6,8-9,11-15,18,21-22,27-28,31,34,37-42,44-45,47-69H2,1-3H3/b10-7-,19-16-,20-17-,25-23-,26-24-,30-29-,33-32-,36-35-,46-43-. The average molecular weight is 1100 g/mol. The molecular formula is C73H124O6. The van der Waals surface area contributed by atoms with Crippen LogP contribution in [-0.2, 0) is 28.6 Å². The van der Waals surface area contributed by atoms with Crippen LogP contribution in [0, 0.1) is 0 Å². The molecule has 0 aromatic heterocycles. The molecule has 0 amide bonds. The summed E-state index contributed by atoms with van der Waals surface area (Å²) in [4.78, 5) is 38.2. The van der Waals surface area contributed by atoms with Gasteiger partial charge in [-0.15, -0.1) is 0 Å². The molecule has 0 aromatic carbocycles. The van der Waals surface area contributed by atoms with Gasteiger partial charge in [-0.25, -0.2) is 0 Å². The van der Waals surface area contributed by atoms with Crippen LogP contribution in [0.3, 0.4) is 0 Å². The molecule has 79 heavy (non-hydrogen) atoms. The Morgan fingerprint density at radius 1 is 0.266 bits per heavy atom. The number of rotatable bonds is 60. The predicted octanol–water partition coefficient (Wildman–Crippen LogP) is 23.0. The predicted molar refractivity (Wildman–Crippen MR) is 343 cm³/mol. The maximum atomic E-state index is 12.9. The molecule has 0 saturated carbocycles.